The van der Waals surface area contributed by atoms with Crippen LogP contribution in [0.2, 0.25) is 0 Å². The summed E-state index contributed by atoms with van der Waals surface area (Å²) in [5.41, 5.74) is 7.47. The number of benzene rings is 1. The molecule has 0 bridgehead atoms. The fourth-order valence-corrected chi connectivity index (χ4v) is 4.62. The Labute approximate surface area is 226 Å². The van der Waals surface area contributed by atoms with Gasteiger partial charge in [0.2, 0.25) is 5.91 Å². The summed E-state index contributed by atoms with van der Waals surface area (Å²) in [6.45, 7) is 13.5. The molecule has 39 heavy (non-hydrogen) atoms. The molecule has 0 aliphatic heterocycles. The summed E-state index contributed by atoms with van der Waals surface area (Å²) in [4.78, 5) is 28.9. The van der Waals surface area contributed by atoms with Crippen LogP contribution in [-0.2, 0) is 4.79 Å². The van der Waals surface area contributed by atoms with E-state index in [0.29, 0.717) is 17.8 Å². The van der Waals surface area contributed by atoms with Gasteiger partial charge in [0.05, 0.1) is 40.8 Å². The number of H-pyrrole nitrogens is 2. The number of nitrogens with zero attached hydrogens (tertiary/aromatic N) is 5. The minimum atomic E-state index is -0.100. The molecule has 1 aromatic carbocycles. The van der Waals surface area contributed by atoms with Gasteiger partial charge in [-0.25, -0.2) is 4.98 Å². The Hall–Kier alpha value is -4.79. The van der Waals surface area contributed by atoms with Gasteiger partial charge in [-0.15, -0.1) is 0 Å². The highest BCUT2D eigenvalue weighted by Gasteiger charge is 2.17. The van der Waals surface area contributed by atoms with Crippen LogP contribution in [0.3, 0.4) is 0 Å². The maximum atomic E-state index is 12.4. The molecule has 0 fully saturated rings. The van der Waals surface area contributed by atoms with Crippen LogP contribution in [0.5, 0.6) is 0 Å². The molecule has 0 saturated carbocycles. The van der Waals surface area contributed by atoms with Gasteiger partial charge < -0.3 is 14.9 Å². The Bertz CT molecular complexity index is 1760. The number of carbonyl (C=O) groups excluding carboxylic acids is 1. The molecule has 0 atom stereocenters. The standard InChI is InChI=1S/C30H32N8O/c1-18(34-28(39)13-30(3,4)5)10-20(14-31-6)24-12-22-26(15-32-24)36-37-29(22)25-11-21-23(35-25)8-7-9-27(21)38-16-19(2)33-17-38/h7-12,14-17,35H,6,13H2,1-5H3,(H,34,39)(H,36,37)/b18-10+,20-14+. The normalized spacial score (nSPS) is 12.8. The summed E-state index contributed by atoms with van der Waals surface area (Å²) in [5, 5.41) is 12.6. The Morgan fingerprint density at radius 3 is 2.72 bits per heavy atom. The molecular weight excluding hydrogens is 488 g/mol. The Kier molecular flexibility index (Phi) is 6.74. The third kappa shape index (κ3) is 5.57. The van der Waals surface area contributed by atoms with Crippen molar-refractivity contribution < 1.29 is 4.79 Å². The SMILES string of the molecule is C=N/C=C(\C=C(/C)NC(=O)CC(C)(C)C)c1cc2c(-c3cc4c(-n5cnc(C)c5)cccc4[nH]3)n[nH]c2cn1. The van der Waals surface area contributed by atoms with Crippen LogP contribution < -0.4 is 5.32 Å². The van der Waals surface area contributed by atoms with Crippen molar-refractivity contribution in [2.24, 2.45) is 10.4 Å². The van der Waals surface area contributed by atoms with Crippen molar-refractivity contribution in [3.63, 3.8) is 0 Å². The first-order chi connectivity index (χ1) is 18.6. The molecule has 0 radical (unpaired) electrons. The van der Waals surface area contributed by atoms with Gasteiger partial charge in [0.25, 0.3) is 0 Å². The van der Waals surface area contributed by atoms with Gasteiger partial charge in [-0.3, -0.25) is 19.9 Å². The van der Waals surface area contributed by atoms with Gasteiger partial charge >= 0.3 is 0 Å². The summed E-state index contributed by atoms with van der Waals surface area (Å²) >= 11 is 0. The molecule has 4 aromatic heterocycles. The molecule has 0 unspecified atom stereocenters. The van der Waals surface area contributed by atoms with Crippen molar-refractivity contribution in [1.82, 2.24) is 35.0 Å². The van der Waals surface area contributed by atoms with Crippen molar-refractivity contribution in [3.05, 3.63) is 78.4 Å². The smallest absolute Gasteiger partial charge is 0.224 e. The zero-order valence-corrected chi connectivity index (χ0v) is 22.8. The number of imidazole rings is 1. The number of nitrogens with one attached hydrogen (secondary N) is 3. The lowest BCUT2D eigenvalue weighted by Crippen LogP contribution is -2.26. The van der Waals surface area contributed by atoms with Gasteiger partial charge in [-0.2, -0.15) is 5.10 Å². The molecule has 0 aliphatic carbocycles. The van der Waals surface area contributed by atoms with Crippen molar-refractivity contribution in [2.45, 2.75) is 41.0 Å². The molecule has 0 saturated heterocycles. The number of aromatic amines is 2. The maximum Gasteiger partial charge on any atom is 0.224 e. The summed E-state index contributed by atoms with van der Waals surface area (Å²) in [6.07, 6.45) is 9.49. The molecular formula is C30H32N8O. The highest BCUT2D eigenvalue weighted by atomic mass is 16.1. The van der Waals surface area contributed by atoms with Crippen LogP contribution in [0.4, 0.5) is 0 Å². The van der Waals surface area contributed by atoms with Gasteiger partial charge in [-0.05, 0) is 56.3 Å². The van der Waals surface area contributed by atoms with Crippen LogP contribution in [0, 0.1) is 12.3 Å². The lowest BCUT2D eigenvalue weighted by Gasteiger charge is -2.17. The highest BCUT2D eigenvalue weighted by Crippen LogP contribution is 2.32. The van der Waals surface area contributed by atoms with E-state index in [0.717, 1.165) is 50.1 Å². The number of pyridine rings is 1. The lowest BCUT2D eigenvalue weighted by molar-refractivity contribution is -0.122. The molecule has 5 aromatic rings. The van der Waals surface area contributed by atoms with E-state index in [2.05, 4.69) is 54.3 Å². The first-order valence-electron chi connectivity index (χ1n) is 12.7. The largest absolute Gasteiger partial charge is 0.353 e. The number of hydrogen-bond acceptors (Lipinski definition) is 5. The van der Waals surface area contributed by atoms with E-state index in [1.807, 2.05) is 76.0 Å². The van der Waals surface area contributed by atoms with Crippen LogP contribution in [0.15, 0.2) is 72.0 Å². The minimum absolute atomic E-state index is 0.0354. The third-order valence-corrected chi connectivity index (χ3v) is 6.26. The average Bonchev–Trinajstić information content (AvgIpc) is 3.59. The van der Waals surface area contributed by atoms with E-state index in [4.69, 9.17) is 0 Å². The monoisotopic (exact) mass is 520 g/mol. The van der Waals surface area contributed by atoms with Gasteiger partial charge in [-0.1, -0.05) is 26.8 Å². The molecule has 3 N–H and O–H groups in total. The molecule has 9 nitrogen and oxygen atoms in total. The second-order valence-electron chi connectivity index (χ2n) is 10.9. The van der Waals surface area contributed by atoms with Gasteiger partial charge in [0.1, 0.15) is 5.69 Å². The van der Waals surface area contributed by atoms with Gasteiger partial charge in [0.15, 0.2) is 0 Å². The number of aliphatic imine (C=N–C) groups is 1. The molecule has 9 heteroatoms. The van der Waals surface area contributed by atoms with E-state index in [-0.39, 0.29) is 11.3 Å². The Morgan fingerprint density at radius 1 is 1.18 bits per heavy atom. The van der Waals surface area contributed by atoms with Crippen LogP contribution in [0.1, 0.15) is 45.5 Å². The number of carbonyl (C=O) groups is 1. The van der Waals surface area contributed by atoms with Crippen LogP contribution in [-0.4, -0.2) is 42.3 Å². The Balaban J connectivity index is 1.51. The second kappa shape index (κ2) is 10.2. The number of fused-ring (bicyclic) bond motifs is 2. The van der Waals surface area contributed by atoms with Crippen molar-refractivity contribution in [2.75, 3.05) is 0 Å². The summed E-state index contributed by atoms with van der Waals surface area (Å²) < 4.78 is 2.02. The summed E-state index contributed by atoms with van der Waals surface area (Å²) in [5.74, 6) is -0.0354. The predicted octanol–water partition coefficient (Wildman–Crippen LogP) is 6.10. The summed E-state index contributed by atoms with van der Waals surface area (Å²) in [6, 6.07) is 10.2. The summed E-state index contributed by atoms with van der Waals surface area (Å²) in [7, 11) is 0. The average molecular weight is 521 g/mol. The number of hydrogen-bond donors (Lipinski definition) is 3. The van der Waals surface area contributed by atoms with Crippen LogP contribution >= 0.6 is 0 Å². The van der Waals surface area contributed by atoms with E-state index < -0.39 is 0 Å². The predicted molar refractivity (Wildman–Crippen MR) is 157 cm³/mol. The first kappa shape index (κ1) is 25.8. The first-order valence-corrected chi connectivity index (χ1v) is 12.7. The van der Waals surface area contributed by atoms with E-state index >= 15 is 0 Å². The highest BCUT2D eigenvalue weighted by molar-refractivity contribution is 5.98. The fraction of sp³-hybridized carbons (Fsp3) is 0.233. The Morgan fingerprint density at radius 2 is 2.00 bits per heavy atom. The minimum Gasteiger partial charge on any atom is -0.353 e. The van der Waals surface area contributed by atoms with E-state index in [1.165, 1.54) is 0 Å². The molecule has 4 heterocycles. The third-order valence-electron chi connectivity index (χ3n) is 6.26. The maximum absolute atomic E-state index is 12.4. The number of allylic oxidation sites excluding steroid dienone is 3. The zero-order chi connectivity index (χ0) is 27.7. The van der Waals surface area contributed by atoms with Crippen molar-refractivity contribution >= 4 is 40.0 Å². The molecule has 0 aliphatic rings. The fourth-order valence-electron chi connectivity index (χ4n) is 4.62. The number of aromatic nitrogens is 6. The van der Waals surface area contributed by atoms with Gasteiger partial charge in [0, 0.05) is 46.4 Å². The number of amides is 1. The van der Waals surface area contributed by atoms with Crippen LogP contribution in [0.25, 0.3) is 44.5 Å². The van der Waals surface area contributed by atoms with Crippen molar-refractivity contribution in [3.8, 4) is 17.1 Å². The lowest BCUT2D eigenvalue weighted by atomic mass is 9.92. The quantitative estimate of drug-likeness (QED) is 0.178. The van der Waals surface area contributed by atoms with E-state index in [9.17, 15) is 4.79 Å². The topological polar surface area (TPSA) is 117 Å². The molecule has 0 spiro atoms. The van der Waals surface area contributed by atoms with E-state index in [1.54, 1.807) is 12.4 Å². The zero-order valence-electron chi connectivity index (χ0n) is 22.8. The molecule has 1 amide bonds. The molecule has 5 rings (SSSR count). The number of rotatable bonds is 7. The molecule has 198 valence electrons. The number of aryl methyl sites for hydroxylation is 1. The van der Waals surface area contributed by atoms with Crippen molar-refractivity contribution in [1.29, 1.82) is 0 Å². The second-order valence-corrected chi connectivity index (χ2v) is 10.9.